The molecule has 6 nitrogen and oxygen atoms in total. The third-order valence-corrected chi connectivity index (χ3v) is 5.65. The molecule has 1 saturated carbocycles. The van der Waals surface area contributed by atoms with E-state index in [0.717, 1.165) is 4.47 Å². The molecule has 1 aromatic rings. The highest BCUT2D eigenvalue weighted by molar-refractivity contribution is 9.10. The number of hydrogen-bond donors (Lipinski definition) is 2. The molecule has 0 spiro atoms. The lowest BCUT2D eigenvalue weighted by Gasteiger charge is -2.53. The Balaban J connectivity index is 1.89. The Bertz CT molecular complexity index is 705. The Morgan fingerprint density at radius 3 is 2.21 bits per heavy atom. The topological polar surface area (TPSA) is 88.2 Å². The van der Waals surface area contributed by atoms with Gasteiger partial charge in [-0.2, -0.15) is 0 Å². The van der Waals surface area contributed by atoms with Gasteiger partial charge in [-0.25, -0.2) is 4.98 Å². The van der Waals surface area contributed by atoms with Crippen LogP contribution in [0.2, 0.25) is 0 Å². The molecule has 3 rings (SSSR count). The van der Waals surface area contributed by atoms with Crippen LogP contribution >= 0.6 is 15.9 Å². The quantitative estimate of drug-likeness (QED) is 0.755. The first-order valence-corrected chi connectivity index (χ1v) is 8.65. The summed E-state index contributed by atoms with van der Waals surface area (Å²) in [5.41, 5.74) is -2.26. The molecule has 0 radical (unpaired) electrons. The van der Waals surface area contributed by atoms with E-state index < -0.39 is 16.2 Å². The van der Waals surface area contributed by atoms with Gasteiger partial charge in [-0.3, -0.25) is 19.7 Å². The van der Waals surface area contributed by atoms with Crippen molar-refractivity contribution in [2.24, 2.45) is 16.2 Å². The van der Waals surface area contributed by atoms with Crippen molar-refractivity contribution < 1.29 is 14.4 Å². The summed E-state index contributed by atoms with van der Waals surface area (Å²) in [5, 5.41) is 5.29. The number of rotatable bonds is 2. The largest absolute Gasteiger partial charge is 0.310 e. The first-order valence-electron chi connectivity index (χ1n) is 7.85. The molecule has 1 aromatic heterocycles. The van der Waals surface area contributed by atoms with Gasteiger partial charge in [-0.15, -0.1) is 0 Å². The smallest absolute Gasteiger partial charge is 0.232 e. The lowest BCUT2D eigenvalue weighted by atomic mass is 9.52. The van der Waals surface area contributed by atoms with Crippen LogP contribution in [0.1, 0.15) is 40.0 Å². The average molecular weight is 394 g/mol. The number of nitrogens with zero attached hydrogens (tertiary/aromatic N) is 1. The van der Waals surface area contributed by atoms with Crippen LogP contribution in [0.25, 0.3) is 0 Å². The Hall–Kier alpha value is -1.76. The fourth-order valence-electron chi connectivity index (χ4n) is 4.37. The molecule has 7 heteroatoms. The molecule has 3 amide bonds. The van der Waals surface area contributed by atoms with Gasteiger partial charge in [0.05, 0.1) is 0 Å². The number of pyridine rings is 1. The fraction of sp³-hybridized carbons (Fsp3) is 0.529. The van der Waals surface area contributed by atoms with Crippen LogP contribution in [0.4, 0.5) is 5.82 Å². The number of hydrogen-bond acceptors (Lipinski definition) is 4. The lowest BCUT2D eigenvalue weighted by Crippen LogP contribution is -2.63. The van der Waals surface area contributed by atoms with Gasteiger partial charge in [0.25, 0.3) is 0 Å². The van der Waals surface area contributed by atoms with E-state index in [2.05, 4.69) is 31.5 Å². The molecule has 2 heterocycles. The number of imide groups is 1. The van der Waals surface area contributed by atoms with Gasteiger partial charge in [-0.05, 0) is 47.3 Å². The number of halogens is 1. The van der Waals surface area contributed by atoms with Crippen LogP contribution < -0.4 is 10.6 Å². The Morgan fingerprint density at radius 1 is 1.12 bits per heavy atom. The van der Waals surface area contributed by atoms with Gasteiger partial charge in [0.15, 0.2) is 0 Å². The van der Waals surface area contributed by atoms with Crippen LogP contribution in [0.3, 0.4) is 0 Å². The third kappa shape index (κ3) is 2.75. The second-order valence-electron chi connectivity index (χ2n) is 7.81. The molecule has 24 heavy (non-hydrogen) atoms. The highest BCUT2D eigenvalue weighted by Gasteiger charge is 2.60. The molecule has 2 aliphatic rings. The second-order valence-corrected chi connectivity index (χ2v) is 8.73. The number of amides is 3. The molecule has 1 saturated heterocycles. The maximum absolute atomic E-state index is 12.9. The van der Waals surface area contributed by atoms with Crippen molar-refractivity contribution in [2.75, 3.05) is 5.32 Å². The Kier molecular flexibility index (Phi) is 3.82. The molecule has 0 aromatic carbocycles. The SMILES string of the molecule is CC12CC(C)(CC(C)(C(=O)Nc3ccc(Br)cn3)C1)C(=O)NC2=O. The third-order valence-electron chi connectivity index (χ3n) is 5.18. The molecule has 2 fully saturated rings. The minimum atomic E-state index is -0.816. The zero-order valence-corrected chi connectivity index (χ0v) is 15.5. The van der Waals surface area contributed by atoms with Crippen LogP contribution in [-0.4, -0.2) is 22.7 Å². The van der Waals surface area contributed by atoms with Crippen molar-refractivity contribution in [3.8, 4) is 0 Å². The first-order chi connectivity index (χ1) is 11.1. The summed E-state index contributed by atoms with van der Waals surface area (Å²) in [6, 6.07) is 3.50. The summed E-state index contributed by atoms with van der Waals surface area (Å²) in [6.07, 6.45) is 2.88. The van der Waals surface area contributed by atoms with Crippen molar-refractivity contribution in [2.45, 2.75) is 40.0 Å². The zero-order valence-electron chi connectivity index (χ0n) is 13.9. The summed E-state index contributed by atoms with van der Waals surface area (Å²) in [6.45, 7) is 5.48. The average Bonchev–Trinajstić information content (AvgIpc) is 2.47. The van der Waals surface area contributed by atoms with Gasteiger partial charge >= 0.3 is 0 Å². The number of aromatic nitrogens is 1. The summed E-state index contributed by atoms with van der Waals surface area (Å²) in [7, 11) is 0. The normalized spacial score (nSPS) is 35.3. The van der Waals surface area contributed by atoms with E-state index >= 15 is 0 Å². The Labute approximate surface area is 148 Å². The first kappa shape index (κ1) is 17.1. The van der Waals surface area contributed by atoms with Crippen LogP contribution in [-0.2, 0) is 14.4 Å². The van der Waals surface area contributed by atoms with E-state index in [0.29, 0.717) is 25.1 Å². The summed E-state index contributed by atoms with van der Waals surface area (Å²) < 4.78 is 0.821. The van der Waals surface area contributed by atoms with Crippen molar-refractivity contribution in [3.05, 3.63) is 22.8 Å². The Morgan fingerprint density at radius 2 is 1.71 bits per heavy atom. The van der Waals surface area contributed by atoms with Crippen LogP contribution in [0.15, 0.2) is 22.8 Å². The standard InChI is InChI=1S/C17H20BrN3O3/c1-15(12(22)20-11-5-4-10(18)6-19-11)7-16(2)9-17(3,8-15)14(24)21-13(16)23/h4-6H,7-9H2,1-3H3,(H,19,20,22)(H,21,23,24). The minimum absolute atomic E-state index is 0.211. The molecule has 2 bridgehead atoms. The van der Waals surface area contributed by atoms with Crippen LogP contribution in [0.5, 0.6) is 0 Å². The molecule has 1 aliphatic carbocycles. The van der Waals surface area contributed by atoms with E-state index in [1.165, 1.54) is 0 Å². The van der Waals surface area contributed by atoms with Gasteiger partial charge < -0.3 is 5.32 Å². The second kappa shape index (κ2) is 5.37. The lowest BCUT2D eigenvalue weighted by molar-refractivity contribution is -0.163. The number of carbonyl (C=O) groups excluding carboxylic acids is 3. The molecular weight excluding hydrogens is 374 g/mol. The fourth-order valence-corrected chi connectivity index (χ4v) is 4.61. The van der Waals surface area contributed by atoms with E-state index in [1.54, 1.807) is 18.3 Å². The van der Waals surface area contributed by atoms with Gasteiger partial charge in [0, 0.05) is 26.9 Å². The van der Waals surface area contributed by atoms with E-state index in [1.807, 2.05) is 20.8 Å². The predicted octanol–water partition coefficient (Wildman–Crippen LogP) is 2.64. The number of anilines is 1. The molecule has 2 atom stereocenters. The minimum Gasteiger partial charge on any atom is -0.310 e. The van der Waals surface area contributed by atoms with E-state index in [9.17, 15) is 14.4 Å². The van der Waals surface area contributed by atoms with Gasteiger partial charge in [0.2, 0.25) is 17.7 Å². The van der Waals surface area contributed by atoms with Crippen molar-refractivity contribution in [1.29, 1.82) is 0 Å². The maximum atomic E-state index is 12.9. The zero-order chi connectivity index (χ0) is 17.8. The van der Waals surface area contributed by atoms with E-state index in [-0.39, 0.29) is 17.7 Å². The number of carbonyl (C=O) groups is 3. The van der Waals surface area contributed by atoms with E-state index in [4.69, 9.17) is 0 Å². The molecule has 1 aliphatic heterocycles. The molecule has 128 valence electrons. The summed E-state index contributed by atoms with van der Waals surface area (Å²) >= 11 is 3.30. The van der Waals surface area contributed by atoms with Gasteiger partial charge in [-0.1, -0.05) is 20.8 Å². The predicted molar refractivity (Wildman–Crippen MR) is 91.9 cm³/mol. The van der Waals surface area contributed by atoms with Crippen LogP contribution in [0, 0.1) is 16.2 Å². The highest BCUT2D eigenvalue weighted by Crippen LogP contribution is 2.56. The van der Waals surface area contributed by atoms with Crippen molar-refractivity contribution in [1.82, 2.24) is 10.3 Å². The number of piperidine rings is 1. The van der Waals surface area contributed by atoms with Crippen molar-refractivity contribution in [3.63, 3.8) is 0 Å². The number of nitrogens with one attached hydrogen (secondary N) is 2. The molecule has 2 unspecified atom stereocenters. The number of fused-ring (bicyclic) bond motifs is 2. The highest BCUT2D eigenvalue weighted by atomic mass is 79.9. The van der Waals surface area contributed by atoms with Gasteiger partial charge in [0.1, 0.15) is 5.82 Å². The monoisotopic (exact) mass is 393 g/mol. The van der Waals surface area contributed by atoms with Crippen molar-refractivity contribution >= 4 is 39.5 Å². The summed E-state index contributed by atoms with van der Waals surface area (Å²) in [4.78, 5) is 41.7. The molecular formula is C17H20BrN3O3. The maximum Gasteiger partial charge on any atom is 0.232 e. The summed E-state index contributed by atoms with van der Waals surface area (Å²) in [5.74, 6) is -0.334. The molecule has 2 N–H and O–H groups in total.